The summed E-state index contributed by atoms with van der Waals surface area (Å²) in [7, 11) is -3.33. The molecule has 0 aliphatic carbocycles. The Hall–Kier alpha value is -0.500. The van der Waals surface area contributed by atoms with Crippen molar-refractivity contribution in [1.82, 2.24) is 14.6 Å². The summed E-state index contributed by atoms with van der Waals surface area (Å²) >= 11 is 1.25. The molecule has 1 aromatic heterocycles. The summed E-state index contributed by atoms with van der Waals surface area (Å²) in [6, 6.07) is 0.483. The van der Waals surface area contributed by atoms with E-state index in [4.69, 9.17) is 0 Å². The number of hydrogen-bond donors (Lipinski definition) is 1. The van der Waals surface area contributed by atoms with Crippen LogP contribution in [-0.2, 0) is 10.0 Å². The van der Waals surface area contributed by atoms with Crippen LogP contribution in [0.1, 0.15) is 31.7 Å². The van der Waals surface area contributed by atoms with Crippen molar-refractivity contribution in [2.75, 3.05) is 19.6 Å². The van der Waals surface area contributed by atoms with Gasteiger partial charge in [-0.3, -0.25) is 0 Å². The second kappa shape index (κ2) is 6.51. The smallest absolute Gasteiger partial charge is 0.254 e. The summed E-state index contributed by atoms with van der Waals surface area (Å²) < 4.78 is 26.9. The van der Waals surface area contributed by atoms with Gasteiger partial charge in [-0.25, -0.2) is 13.4 Å². The lowest BCUT2D eigenvalue weighted by atomic mass is 9.98. The molecule has 20 heavy (non-hydrogen) atoms. The van der Waals surface area contributed by atoms with Crippen molar-refractivity contribution in [3.63, 3.8) is 0 Å². The molecule has 0 atom stereocenters. The number of piperidine rings is 1. The van der Waals surface area contributed by atoms with Crippen molar-refractivity contribution in [3.8, 4) is 0 Å². The molecular weight excluding hydrogens is 294 g/mol. The van der Waals surface area contributed by atoms with Gasteiger partial charge in [0, 0.05) is 19.1 Å². The zero-order valence-electron chi connectivity index (χ0n) is 12.3. The number of hydrogen-bond acceptors (Lipinski definition) is 5. The van der Waals surface area contributed by atoms with Crippen molar-refractivity contribution in [1.29, 1.82) is 0 Å². The van der Waals surface area contributed by atoms with Gasteiger partial charge >= 0.3 is 0 Å². The van der Waals surface area contributed by atoms with Crippen LogP contribution in [0.2, 0.25) is 0 Å². The van der Waals surface area contributed by atoms with Crippen LogP contribution in [0.3, 0.4) is 0 Å². The minimum Gasteiger partial charge on any atom is -0.314 e. The fourth-order valence-electron chi connectivity index (χ4n) is 2.34. The summed E-state index contributed by atoms with van der Waals surface area (Å²) in [5, 5.41) is 4.22. The lowest BCUT2D eigenvalue weighted by molar-refractivity contribution is 0.264. The highest BCUT2D eigenvalue weighted by Crippen LogP contribution is 2.26. The van der Waals surface area contributed by atoms with Crippen molar-refractivity contribution in [2.24, 2.45) is 5.92 Å². The third kappa shape index (κ3) is 3.78. The molecule has 1 saturated heterocycles. The monoisotopic (exact) mass is 317 g/mol. The van der Waals surface area contributed by atoms with E-state index in [-0.39, 0.29) is 0 Å². The van der Waals surface area contributed by atoms with Crippen LogP contribution >= 0.6 is 11.3 Å². The van der Waals surface area contributed by atoms with Crippen LogP contribution in [0.15, 0.2) is 10.4 Å². The normalized spacial score (nSPS) is 18.8. The Morgan fingerprint density at radius 1 is 1.45 bits per heavy atom. The maximum Gasteiger partial charge on any atom is 0.254 e. The molecule has 0 saturated carbocycles. The van der Waals surface area contributed by atoms with E-state index in [0.717, 1.165) is 24.4 Å². The molecule has 7 heteroatoms. The Bertz CT molecular complexity index is 532. The standard InChI is InChI=1S/C13H23N3O2S2/c1-10(2)14-8-12-4-6-16(7-5-12)20(17,18)13-9-15-11(3)19-13/h9-10,12,14H,4-8H2,1-3H3. The van der Waals surface area contributed by atoms with Gasteiger partial charge in [0.2, 0.25) is 0 Å². The predicted molar refractivity (Wildman–Crippen MR) is 81.5 cm³/mol. The molecule has 0 amide bonds. The largest absolute Gasteiger partial charge is 0.314 e. The van der Waals surface area contributed by atoms with Crippen LogP contribution in [0.5, 0.6) is 0 Å². The number of aromatic nitrogens is 1. The first-order chi connectivity index (χ1) is 9.39. The molecule has 2 heterocycles. The average molecular weight is 317 g/mol. The zero-order valence-corrected chi connectivity index (χ0v) is 13.9. The van der Waals surface area contributed by atoms with Gasteiger partial charge in [-0.2, -0.15) is 4.31 Å². The second-order valence-corrected chi connectivity index (χ2v) is 9.01. The first-order valence-corrected chi connectivity index (χ1v) is 9.31. The Morgan fingerprint density at radius 3 is 2.60 bits per heavy atom. The van der Waals surface area contributed by atoms with Crippen LogP contribution in [0, 0.1) is 12.8 Å². The molecular formula is C13H23N3O2S2. The molecule has 1 aliphatic heterocycles. The van der Waals surface area contributed by atoms with Crippen LogP contribution in [-0.4, -0.2) is 43.4 Å². The Balaban J connectivity index is 1.93. The molecule has 1 aromatic rings. The van der Waals surface area contributed by atoms with Gasteiger partial charge in [-0.15, -0.1) is 11.3 Å². The van der Waals surface area contributed by atoms with E-state index in [1.54, 1.807) is 4.31 Å². The number of nitrogens with zero attached hydrogens (tertiary/aromatic N) is 2. The fraction of sp³-hybridized carbons (Fsp3) is 0.769. The summed E-state index contributed by atoms with van der Waals surface area (Å²) in [5.74, 6) is 0.576. The minimum absolute atomic E-state index is 0.369. The maximum absolute atomic E-state index is 12.5. The molecule has 1 N–H and O–H groups in total. The third-order valence-electron chi connectivity index (χ3n) is 3.58. The molecule has 0 spiro atoms. The summed E-state index contributed by atoms with van der Waals surface area (Å²) in [6.45, 7) is 8.30. The summed E-state index contributed by atoms with van der Waals surface area (Å²) in [5.41, 5.74) is 0. The minimum atomic E-state index is -3.33. The van der Waals surface area contributed by atoms with Crippen LogP contribution < -0.4 is 5.32 Å². The summed E-state index contributed by atoms with van der Waals surface area (Å²) in [4.78, 5) is 4.04. The van der Waals surface area contributed by atoms with Gasteiger partial charge < -0.3 is 5.32 Å². The molecule has 0 radical (unpaired) electrons. The van der Waals surface area contributed by atoms with E-state index in [1.165, 1.54) is 17.5 Å². The Kier molecular flexibility index (Phi) is 5.17. The molecule has 2 rings (SSSR count). The van der Waals surface area contributed by atoms with Gasteiger partial charge in [0.05, 0.1) is 11.2 Å². The predicted octanol–water partition coefficient (Wildman–Crippen LogP) is 1.85. The topological polar surface area (TPSA) is 62.3 Å². The zero-order chi connectivity index (χ0) is 14.8. The fourth-order valence-corrected chi connectivity index (χ4v) is 5.08. The van der Waals surface area contributed by atoms with Gasteiger partial charge in [0.25, 0.3) is 10.0 Å². The van der Waals surface area contributed by atoms with Crippen LogP contribution in [0.25, 0.3) is 0 Å². The van der Waals surface area contributed by atoms with E-state index in [0.29, 0.717) is 29.3 Å². The lowest BCUT2D eigenvalue weighted by Crippen LogP contribution is -2.41. The Morgan fingerprint density at radius 2 is 2.10 bits per heavy atom. The van der Waals surface area contributed by atoms with Crippen molar-refractivity contribution in [3.05, 3.63) is 11.2 Å². The maximum atomic E-state index is 12.5. The third-order valence-corrected chi connectivity index (χ3v) is 6.83. The molecule has 0 bridgehead atoms. The van der Waals surface area contributed by atoms with E-state index in [9.17, 15) is 8.42 Å². The first kappa shape index (κ1) is 15.9. The van der Waals surface area contributed by atoms with E-state index in [2.05, 4.69) is 24.1 Å². The van der Waals surface area contributed by atoms with Crippen molar-refractivity contribution < 1.29 is 8.42 Å². The molecule has 0 unspecified atom stereocenters. The number of aryl methyl sites for hydroxylation is 1. The number of rotatable bonds is 5. The highest BCUT2D eigenvalue weighted by molar-refractivity contribution is 7.91. The lowest BCUT2D eigenvalue weighted by Gasteiger charge is -2.31. The molecule has 5 nitrogen and oxygen atoms in total. The number of thiazole rings is 1. The van der Waals surface area contributed by atoms with Gasteiger partial charge in [-0.05, 0) is 32.2 Å². The van der Waals surface area contributed by atoms with E-state index in [1.807, 2.05) is 6.92 Å². The van der Waals surface area contributed by atoms with E-state index < -0.39 is 10.0 Å². The van der Waals surface area contributed by atoms with Gasteiger partial charge in [-0.1, -0.05) is 13.8 Å². The van der Waals surface area contributed by atoms with Crippen LogP contribution in [0.4, 0.5) is 0 Å². The number of sulfonamides is 1. The second-order valence-electron chi connectivity index (χ2n) is 5.61. The Labute approximate surface area is 125 Å². The van der Waals surface area contributed by atoms with Crippen molar-refractivity contribution in [2.45, 2.75) is 43.9 Å². The van der Waals surface area contributed by atoms with Crippen molar-refractivity contribution >= 4 is 21.4 Å². The molecule has 1 fully saturated rings. The highest BCUT2D eigenvalue weighted by atomic mass is 32.2. The number of nitrogens with one attached hydrogen (secondary N) is 1. The first-order valence-electron chi connectivity index (χ1n) is 7.05. The van der Waals surface area contributed by atoms with Gasteiger partial charge in [0.15, 0.2) is 4.21 Å². The molecule has 114 valence electrons. The molecule has 1 aliphatic rings. The average Bonchev–Trinajstić information content (AvgIpc) is 2.84. The quantitative estimate of drug-likeness (QED) is 0.900. The highest BCUT2D eigenvalue weighted by Gasteiger charge is 2.30. The van der Waals surface area contributed by atoms with E-state index >= 15 is 0 Å². The molecule has 0 aromatic carbocycles. The SMILES string of the molecule is Cc1ncc(S(=O)(=O)N2CCC(CNC(C)C)CC2)s1. The summed E-state index contributed by atoms with van der Waals surface area (Å²) in [6.07, 6.45) is 3.33. The van der Waals surface area contributed by atoms with Gasteiger partial charge in [0.1, 0.15) is 0 Å².